The van der Waals surface area contributed by atoms with E-state index in [1.807, 2.05) is 30.3 Å². The average Bonchev–Trinajstić information content (AvgIpc) is 2.87. The first-order valence-electron chi connectivity index (χ1n) is 12.0. The van der Waals surface area contributed by atoms with Crippen LogP contribution in [0.25, 0.3) is 0 Å². The van der Waals surface area contributed by atoms with Gasteiger partial charge in [-0.05, 0) is 50.2 Å². The maximum atomic E-state index is 13.6. The van der Waals surface area contributed by atoms with E-state index < -0.39 is 5.82 Å². The SMILES string of the molecule is COc1cc(N2CCOC(C)(C)C2)ccc1NC(=O)N(C)Cc1ccc(Br)cc1Oc1ccc(F)c(Cl)c1. The zero-order valence-corrected chi connectivity index (χ0v) is 24.0. The standard InChI is InChI=1S/C28H30BrClFN3O4/c1-28(2)17-34(11-12-37-28)20-7-10-24(26(14-20)36-4)32-27(35)33(3)16-18-5-6-19(29)13-25(18)38-21-8-9-23(31)22(30)15-21/h5-10,13-15H,11-12,16-17H2,1-4H3,(H,32,35). The van der Waals surface area contributed by atoms with Crippen molar-refractivity contribution in [3.63, 3.8) is 0 Å². The van der Waals surface area contributed by atoms with Gasteiger partial charge in [-0.2, -0.15) is 0 Å². The number of anilines is 2. The molecule has 1 N–H and O–H groups in total. The smallest absolute Gasteiger partial charge is 0.321 e. The van der Waals surface area contributed by atoms with E-state index in [9.17, 15) is 9.18 Å². The highest BCUT2D eigenvalue weighted by Crippen LogP contribution is 2.34. The minimum Gasteiger partial charge on any atom is -0.494 e. The van der Waals surface area contributed by atoms with E-state index in [4.69, 9.17) is 25.8 Å². The van der Waals surface area contributed by atoms with Crippen molar-refractivity contribution in [3.05, 3.63) is 75.5 Å². The van der Waals surface area contributed by atoms with Crippen molar-refractivity contribution in [2.75, 3.05) is 44.1 Å². The van der Waals surface area contributed by atoms with Crippen LogP contribution >= 0.6 is 27.5 Å². The summed E-state index contributed by atoms with van der Waals surface area (Å²) in [5.41, 5.74) is 2.08. The number of urea groups is 1. The lowest BCUT2D eigenvalue weighted by molar-refractivity contribution is -0.0277. The van der Waals surface area contributed by atoms with Gasteiger partial charge in [0.2, 0.25) is 0 Å². The molecule has 10 heteroatoms. The summed E-state index contributed by atoms with van der Waals surface area (Å²) in [5.74, 6) is 0.935. The van der Waals surface area contributed by atoms with Crippen molar-refractivity contribution < 1.29 is 23.4 Å². The van der Waals surface area contributed by atoms with Crippen LogP contribution in [0.2, 0.25) is 5.02 Å². The highest BCUT2D eigenvalue weighted by Gasteiger charge is 2.28. The zero-order valence-electron chi connectivity index (χ0n) is 21.7. The molecule has 0 aromatic heterocycles. The summed E-state index contributed by atoms with van der Waals surface area (Å²) < 4.78 is 31.7. The molecule has 7 nitrogen and oxygen atoms in total. The lowest BCUT2D eigenvalue weighted by Gasteiger charge is -2.39. The average molecular weight is 607 g/mol. The molecule has 3 aromatic rings. The Kier molecular flexibility index (Phi) is 8.70. The van der Waals surface area contributed by atoms with Crippen molar-refractivity contribution in [1.82, 2.24) is 4.90 Å². The third-order valence-electron chi connectivity index (χ3n) is 6.12. The Bertz CT molecular complexity index is 1320. The zero-order chi connectivity index (χ0) is 27.4. The summed E-state index contributed by atoms with van der Waals surface area (Å²) >= 11 is 9.35. The van der Waals surface area contributed by atoms with E-state index in [2.05, 4.69) is 40.0 Å². The second-order valence-electron chi connectivity index (χ2n) is 9.63. The molecule has 0 radical (unpaired) electrons. The molecule has 38 heavy (non-hydrogen) atoms. The number of rotatable bonds is 7. The number of carbonyl (C=O) groups is 1. The second-order valence-corrected chi connectivity index (χ2v) is 11.0. The van der Waals surface area contributed by atoms with Gasteiger partial charge in [0.15, 0.2) is 0 Å². The molecule has 4 rings (SSSR count). The quantitative estimate of drug-likeness (QED) is 0.305. The van der Waals surface area contributed by atoms with E-state index in [-0.39, 0.29) is 23.2 Å². The van der Waals surface area contributed by atoms with E-state index in [1.54, 1.807) is 20.2 Å². The molecule has 1 saturated heterocycles. The number of morpholine rings is 1. The van der Waals surface area contributed by atoms with Crippen LogP contribution in [0.4, 0.5) is 20.6 Å². The number of nitrogens with one attached hydrogen (secondary N) is 1. The van der Waals surface area contributed by atoms with Gasteiger partial charge < -0.3 is 29.3 Å². The number of nitrogens with zero attached hydrogens (tertiary/aromatic N) is 2. The number of carbonyl (C=O) groups excluding carboxylic acids is 1. The van der Waals surface area contributed by atoms with Gasteiger partial charge in [-0.25, -0.2) is 9.18 Å². The molecule has 0 aliphatic carbocycles. The topological polar surface area (TPSA) is 63.3 Å². The van der Waals surface area contributed by atoms with Crippen LogP contribution in [-0.2, 0) is 11.3 Å². The Hall–Kier alpha value is -3.01. The van der Waals surface area contributed by atoms with Gasteiger partial charge in [-0.1, -0.05) is 33.6 Å². The van der Waals surface area contributed by atoms with Gasteiger partial charge in [-0.15, -0.1) is 0 Å². The largest absolute Gasteiger partial charge is 0.494 e. The maximum Gasteiger partial charge on any atom is 0.321 e. The highest BCUT2D eigenvalue weighted by molar-refractivity contribution is 9.10. The predicted molar refractivity (Wildman–Crippen MR) is 151 cm³/mol. The molecular weight excluding hydrogens is 577 g/mol. The molecule has 1 heterocycles. The van der Waals surface area contributed by atoms with Crippen LogP contribution in [0.1, 0.15) is 19.4 Å². The summed E-state index contributed by atoms with van der Waals surface area (Å²) in [5, 5.41) is 2.90. The molecule has 3 aromatic carbocycles. The Morgan fingerprint density at radius 3 is 2.68 bits per heavy atom. The summed E-state index contributed by atoms with van der Waals surface area (Å²) in [6.45, 7) is 6.57. The van der Waals surface area contributed by atoms with Crippen molar-refractivity contribution in [1.29, 1.82) is 0 Å². The number of halogens is 3. The van der Waals surface area contributed by atoms with Gasteiger partial charge in [0.1, 0.15) is 23.1 Å². The molecule has 1 aliphatic heterocycles. The van der Waals surface area contributed by atoms with Gasteiger partial charge in [0.25, 0.3) is 0 Å². The summed E-state index contributed by atoms with van der Waals surface area (Å²) in [4.78, 5) is 16.9. The minimum atomic E-state index is -0.526. The van der Waals surface area contributed by atoms with E-state index >= 15 is 0 Å². The third-order valence-corrected chi connectivity index (χ3v) is 6.90. The number of methoxy groups -OCH3 is 1. The lowest BCUT2D eigenvalue weighted by Crippen LogP contribution is -2.48. The highest BCUT2D eigenvalue weighted by atomic mass is 79.9. The first-order chi connectivity index (χ1) is 18.0. The molecule has 1 fully saturated rings. The summed E-state index contributed by atoms with van der Waals surface area (Å²) in [7, 11) is 3.27. The maximum absolute atomic E-state index is 13.6. The van der Waals surface area contributed by atoms with Gasteiger partial charge in [-0.3, -0.25) is 0 Å². The molecule has 0 unspecified atom stereocenters. The van der Waals surface area contributed by atoms with Crippen LogP contribution in [-0.4, -0.2) is 50.4 Å². The van der Waals surface area contributed by atoms with Crippen LogP contribution < -0.4 is 19.7 Å². The Morgan fingerprint density at radius 1 is 1.18 bits per heavy atom. The van der Waals surface area contributed by atoms with Crippen LogP contribution in [0.15, 0.2) is 59.1 Å². The van der Waals surface area contributed by atoms with Crippen molar-refractivity contribution in [3.8, 4) is 17.2 Å². The fourth-order valence-corrected chi connectivity index (χ4v) is 4.69. The van der Waals surface area contributed by atoms with Crippen LogP contribution in [0.5, 0.6) is 17.2 Å². The Labute approximate surface area is 235 Å². The molecule has 1 aliphatic rings. The molecule has 202 valence electrons. The normalized spacial score (nSPS) is 14.7. The monoisotopic (exact) mass is 605 g/mol. The van der Waals surface area contributed by atoms with Gasteiger partial charge >= 0.3 is 6.03 Å². The molecule has 0 saturated carbocycles. The summed E-state index contributed by atoms with van der Waals surface area (Å²) in [6.07, 6.45) is 0. The van der Waals surface area contributed by atoms with E-state index in [0.717, 1.165) is 28.8 Å². The molecule has 0 spiro atoms. The molecule has 2 amide bonds. The van der Waals surface area contributed by atoms with Gasteiger partial charge in [0, 0.05) is 48.0 Å². The van der Waals surface area contributed by atoms with E-state index in [0.29, 0.717) is 29.5 Å². The predicted octanol–water partition coefficient (Wildman–Crippen LogP) is 7.32. The number of ether oxygens (including phenoxy) is 3. The first kappa shape index (κ1) is 28.0. The molecule has 0 bridgehead atoms. The first-order valence-corrected chi connectivity index (χ1v) is 13.2. The van der Waals surface area contributed by atoms with Gasteiger partial charge in [0.05, 0.1) is 36.6 Å². The Balaban J connectivity index is 1.46. The van der Waals surface area contributed by atoms with Crippen molar-refractivity contribution >= 4 is 44.9 Å². The fourth-order valence-electron chi connectivity index (χ4n) is 4.18. The van der Waals surface area contributed by atoms with Crippen molar-refractivity contribution in [2.45, 2.75) is 26.0 Å². The van der Waals surface area contributed by atoms with Crippen LogP contribution in [0, 0.1) is 5.82 Å². The number of hydrogen-bond acceptors (Lipinski definition) is 5. The molecular formula is C28H30BrClFN3O4. The van der Waals surface area contributed by atoms with Crippen molar-refractivity contribution in [2.24, 2.45) is 0 Å². The number of benzene rings is 3. The van der Waals surface area contributed by atoms with Crippen LogP contribution in [0.3, 0.4) is 0 Å². The third kappa shape index (κ3) is 6.89. The number of amides is 2. The fraction of sp³-hybridized carbons (Fsp3) is 0.321. The number of hydrogen-bond donors (Lipinski definition) is 1. The second kappa shape index (κ2) is 11.8. The summed E-state index contributed by atoms with van der Waals surface area (Å²) in [6, 6.07) is 15.1. The Morgan fingerprint density at radius 2 is 1.97 bits per heavy atom. The molecule has 0 atom stereocenters. The minimum absolute atomic E-state index is 0.0344. The lowest BCUT2D eigenvalue weighted by atomic mass is 10.1. The van der Waals surface area contributed by atoms with E-state index in [1.165, 1.54) is 23.1 Å².